The zero-order valence-electron chi connectivity index (χ0n) is 13.4. The number of nitrogens with zero attached hydrogens (tertiary/aromatic N) is 2. The largest absolute Gasteiger partial charge is 0.355 e. The highest BCUT2D eigenvalue weighted by atomic mass is 35.5. The van der Waals surface area contributed by atoms with Gasteiger partial charge in [0.25, 0.3) is 0 Å². The lowest BCUT2D eigenvalue weighted by atomic mass is 10.2. The Bertz CT molecular complexity index is 574. The van der Waals surface area contributed by atoms with Crippen LogP contribution in [0.15, 0.2) is 22.0 Å². The molecule has 0 unspecified atom stereocenters. The molecule has 0 fully saturated rings. The van der Waals surface area contributed by atoms with Gasteiger partial charge in [-0.25, -0.2) is 0 Å². The molecule has 0 aliphatic rings. The van der Waals surface area contributed by atoms with E-state index in [-0.39, 0.29) is 18.3 Å². The Morgan fingerprint density at radius 1 is 1.48 bits per heavy atom. The van der Waals surface area contributed by atoms with Gasteiger partial charge in [-0.2, -0.15) is 4.98 Å². The van der Waals surface area contributed by atoms with Gasteiger partial charge in [-0.3, -0.25) is 4.79 Å². The van der Waals surface area contributed by atoms with Gasteiger partial charge in [-0.15, -0.1) is 23.7 Å². The van der Waals surface area contributed by atoms with Crippen molar-refractivity contribution in [2.24, 2.45) is 0 Å². The topological polar surface area (TPSA) is 80.0 Å². The third-order valence-corrected chi connectivity index (χ3v) is 4.03. The Morgan fingerprint density at radius 2 is 2.30 bits per heavy atom. The number of carbonyl (C=O) groups is 1. The van der Waals surface area contributed by atoms with Crippen LogP contribution in [-0.2, 0) is 11.2 Å². The first-order valence-corrected chi connectivity index (χ1v) is 8.43. The van der Waals surface area contributed by atoms with Crippen LogP contribution in [0.3, 0.4) is 0 Å². The van der Waals surface area contributed by atoms with Crippen molar-refractivity contribution in [2.45, 2.75) is 39.2 Å². The smallest absolute Gasteiger partial charge is 0.226 e. The lowest BCUT2D eigenvalue weighted by molar-refractivity contribution is -0.121. The number of thiophene rings is 1. The predicted octanol–water partition coefficient (Wildman–Crippen LogP) is 2.66. The number of amides is 1. The lowest BCUT2D eigenvalue weighted by Crippen LogP contribution is -2.38. The molecular weight excluding hydrogens is 336 g/mol. The highest BCUT2D eigenvalue weighted by Crippen LogP contribution is 2.21. The second-order valence-electron chi connectivity index (χ2n) is 5.11. The molecule has 1 amide bonds. The highest BCUT2D eigenvalue weighted by Gasteiger charge is 2.10. The van der Waals surface area contributed by atoms with Gasteiger partial charge in [-0.1, -0.05) is 18.1 Å². The van der Waals surface area contributed by atoms with Crippen molar-refractivity contribution in [1.82, 2.24) is 20.8 Å². The van der Waals surface area contributed by atoms with Gasteiger partial charge in [-0.05, 0) is 31.3 Å². The molecule has 2 rings (SSSR count). The van der Waals surface area contributed by atoms with Crippen molar-refractivity contribution in [2.75, 3.05) is 13.1 Å². The molecule has 2 aromatic heterocycles. The minimum absolute atomic E-state index is 0. The molecular formula is C15H23ClN4O2S. The summed E-state index contributed by atoms with van der Waals surface area (Å²) in [6.45, 7) is 5.65. The quantitative estimate of drug-likeness (QED) is 0.720. The van der Waals surface area contributed by atoms with E-state index in [4.69, 9.17) is 4.52 Å². The molecule has 6 nitrogen and oxygen atoms in total. The average molecular weight is 359 g/mol. The molecule has 1 atom stereocenters. The maximum Gasteiger partial charge on any atom is 0.226 e. The van der Waals surface area contributed by atoms with E-state index >= 15 is 0 Å². The molecule has 0 spiro atoms. The summed E-state index contributed by atoms with van der Waals surface area (Å²) in [5.41, 5.74) is 0. The van der Waals surface area contributed by atoms with Crippen LogP contribution >= 0.6 is 23.7 Å². The molecule has 0 aromatic carbocycles. The summed E-state index contributed by atoms with van der Waals surface area (Å²) in [6, 6.07) is 4.20. The van der Waals surface area contributed by atoms with Crippen molar-refractivity contribution in [3.8, 4) is 10.7 Å². The highest BCUT2D eigenvalue weighted by molar-refractivity contribution is 7.13. The Hall–Kier alpha value is -1.44. The molecule has 23 heavy (non-hydrogen) atoms. The fourth-order valence-electron chi connectivity index (χ4n) is 2.04. The number of nitrogens with one attached hydrogen (secondary N) is 2. The number of hydrogen-bond acceptors (Lipinski definition) is 6. The summed E-state index contributed by atoms with van der Waals surface area (Å²) >= 11 is 1.58. The average Bonchev–Trinajstić information content (AvgIpc) is 3.16. The first-order chi connectivity index (χ1) is 10.7. The van der Waals surface area contributed by atoms with Gasteiger partial charge in [0.2, 0.25) is 17.6 Å². The zero-order chi connectivity index (χ0) is 15.8. The summed E-state index contributed by atoms with van der Waals surface area (Å²) in [5.74, 6) is 1.26. The minimum Gasteiger partial charge on any atom is -0.355 e. The second-order valence-corrected chi connectivity index (χ2v) is 6.05. The summed E-state index contributed by atoms with van der Waals surface area (Å²) in [4.78, 5) is 17.1. The van der Waals surface area contributed by atoms with E-state index in [0.29, 0.717) is 43.6 Å². The molecule has 0 aliphatic carbocycles. The lowest BCUT2D eigenvalue weighted by Gasteiger charge is -2.12. The standard InChI is InChI=1S/C15H22N4O2S.ClH/c1-3-16-11(2)10-17-13(20)7-4-8-14-18-15(19-21-14)12-6-5-9-22-12;/h5-6,9,11,16H,3-4,7-8,10H2,1-2H3,(H,17,20);1H/t11-;/m1./s1. The Balaban J connectivity index is 0.00000264. The van der Waals surface area contributed by atoms with Crippen molar-refractivity contribution >= 4 is 29.7 Å². The summed E-state index contributed by atoms with van der Waals surface area (Å²) < 4.78 is 5.20. The van der Waals surface area contributed by atoms with Crippen LogP contribution in [0.1, 0.15) is 32.6 Å². The molecule has 2 N–H and O–H groups in total. The van der Waals surface area contributed by atoms with Crippen molar-refractivity contribution in [3.05, 3.63) is 23.4 Å². The van der Waals surface area contributed by atoms with Crippen LogP contribution in [0.4, 0.5) is 0 Å². The zero-order valence-corrected chi connectivity index (χ0v) is 15.0. The summed E-state index contributed by atoms with van der Waals surface area (Å²) in [7, 11) is 0. The van der Waals surface area contributed by atoms with Crippen LogP contribution in [0.5, 0.6) is 0 Å². The van der Waals surface area contributed by atoms with Crippen molar-refractivity contribution in [3.63, 3.8) is 0 Å². The Morgan fingerprint density at radius 3 is 3.00 bits per heavy atom. The monoisotopic (exact) mass is 358 g/mol. The van der Waals surface area contributed by atoms with E-state index in [9.17, 15) is 4.79 Å². The van der Waals surface area contributed by atoms with E-state index in [1.54, 1.807) is 11.3 Å². The molecule has 8 heteroatoms. The van der Waals surface area contributed by atoms with Crippen LogP contribution < -0.4 is 10.6 Å². The van der Waals surface area contributed by atoms with E-state index in [0.717, 1.165) is 11.4 Å². The predicted molar refractivity (Wildman–Crippen MR) is 93.9 cm³/mol. The summed E-state index contributed by atoms with van der Waals surface area (Å²) in [6.07, 6.45) is 1.79. The fraction of sp³-hybridized carbons (Fsp3) is 0.533. The van der Waals surface area contributed by atoms with E-state index < -0.39 is 0 Å². The van der Waals surface area contributed by atoms with Crippen LogP contribution in [-0.4, -0.2) is 35.2 Å². The van der Waals surface area contributed by atoms with Gasteiger partial charge in [0.05, 0.1) is 4.88 Å². The third-order valence-electron chi connectivity index (χ3n) is 3.16. The molecule has 128 valence electrons. The Kier molecular flexibility index (Phi) is 8.83. The van der Waals surface area contributed by atoms with Gasteiger partial charge < -0.3 is 15.2 Å². The SMILES string of the molecule is CCN[C@H](C)CNC(=O)CCCc1nc(-c2cccs2)no1.Cl. The first kappa shape index (κ1) is 19.6. The number of likely N-dealkylation sites (N-methyl/N-ethyl adjacent to an activating group) is 1. The number of hydrogen-bond donors (Lipinski definition) is 2. The third kappa shape index (κ3) is 6.68. The number of carbonyl (C=O) groups excluding carboxylic acids is 1. The number of halogens is 1. The van der Waals surface area contributed by atoms with Crippen molar-refractivity contribution < 1.29 is 9.32 Å². The summed E-state index contributed by atoms with van der Waals surface area (Å²) in [5, 5.41) is 12.1. The van der Waals surface area contributed by atoms with Gasteiger partial charge in [0.15, 0.2) is 0 Å². The van der Waals surface area contributed by atoms with Crippen molar-refractivity contribution in [1.29, 1.82) is 0 Å². The molecule has 0 radical (unpaired) electrons. The molecule has 0 saturated carbocycles. The molecule has 2 heterocycles. The van der Waals surface area contributed by atoms with Gasteiger partial charge in [0.1, 0.15) is 0 Å². The molecule has 0 bridgehead atoms. The van der Waals surface area contributed by atoms with E-state index in [1.165, 1.54) is 0 Å². The fourth-order valence-corrected chi connectivity index (χ4v) is 2.69. The Labute approximate surface area is 146 Å². The maximum atomic E-state index is 11.7. The number of aryl methyl sites for hydroxylation is 1. The van der Waals surface area contributed by atoms with Gasteiger partial charge in [0, 0.05) is 25.4 Å². The van der Waals surface area contributed by atoms with E-state index in [1.807, 2.05) is 31.4 Å². The van der Waals surface area contributed by atoms with E-state index in [2.05, 4.69) is 20.8 Å². The first-order valence-electron chi connectivity index (χ1n) is 7.55. The maximum absolute atomic E-state index is 11.7. The number of aromatic nitrogens is 2. The van der Waals surface area contributed by atoms with Crippen LogP contribution in [0.25, 0.3) is 10.7 Å². The molecule has 0 aliphatic heterocycles. The number of rotatable bonds is 9. The van der Waals surface area contributed by atoms with Crippen LogP contribution in [0.2, 0.25) is 0 Å². The molecule has 0 saturated heterocycles. The van der Waals surface area contributed by atoms with Crippen LogP contribution in [0, 0.1) is 0 Å². The minimum atomic E-state index is 0. The normalized spacial score (nSPS) is 11.7. The molecule has 2 aromatic rings. The van der Waals surface area contributed by atoms with Gasteiger partial charge >= 0.3 is 0 Å². The second kappa shape index (κ2) is 10.4.